The SMILES string of the molecule is Cc1c(C(=O)OCCOc2ccccc2)sc2nc(N3CCCNCC3)[nH]c(=O)c12. The van der Waals surface area contributed by atoms with Crippen LogP contribution in [0, 0.1) is 6.92 Å². The highest BCUT2D eigenvalue weighted by Crippen LogP contribution is 2.28. The number of hydrogen-bond donors (Lipinski definition) is 2. The molecule has 1 aliphatic rings. The summed E-state index contributed by atoms with van der Waals surface area (Å²) >= 11 is 1.20. The van der Waals surface area contributed by atoms with Crippen molar-refractivity contribution >= 4 is 33.5 Å². The summed E-state index contributed by atoms with van der Waals surface area (Å²) in [6.07, 6.45) is 0.980. The zero-order valence-electron chi connectivity index (χ0n) is 16.8. The molecule has 1 saturated heterocycles. The van der Waals surface area contributed by atoms with Gasteiger partial charge >= 0.3 is 5.97 Å². The van der Waals surface area contributed by atoms with Crippen molar-refractivity contribution in [2.45, 2.75) is 13.3 Å². The van der Waals surface area contributed by atoms with Gasteiger partial charge in [0.05, 0.1) is 5.39 Å². The Hall–Kier alpha value is -2.91. The van der Waals surface area contributed by atoms with Crippen LogP contribution in [0.4, 0.5) is 5.95 Å². The molecule has 0 atom stereocenters. The minimum Gasteiger partial charge on any atom is -0.490 e. The van der Waals surface area contributed by atoms with E-state index in [1.807, 2.05) is 30.3 Å². The van der Waals surface area contributed by atoms with Crippen molar-refractivity contribution in [1.82, 2.24) is 15.3 Å². The molecule has 2 N–H and O–H groups in total. The molecular weight excluding hydrogens is 404 g/mol. The van der Waals surface area contributed by atoms with Gasteiger partial charge in [-0.05, 0) is 37.6 Å². The van der Waals surface area contributed by atoms with Crippen molar-refractivity contribution in [3.8, 4) is 5.75 Å². The fourth-order valence-electron chi connectivity index (χ4n) is 3.41. The zero-order chi connectivity index (χ0) is 20.9. The first-order valence-corrected chi connectivity index (χ1v) is 10.8. The predicted molar refractivity (Wildman–Crippen MR) is 117 cm³/mol. The van der Waals surface area contributed by atoms with Crippen molar-refractivity contribution in [2.75, 3.05) is 44.3 Å². The third-order valence-electron chi connectivity index (χ3n) is 4.94. The molecule has 0 aliphatic carbocycles. The Bertz CT molecular complexity index is 1070. The number of anilines is 1. The number of aromatic nitrogens is 2. The summed E-state index contributed by atoms with van der Waals surface area (Å²) in [4.78, 5) is 35.8. The molecule has 0 spiro atoms. The lowest BCUT2D eigenvalue weighted by Gasteiger charge is -2.19. The number of ether oxygens (including phenoxy) is 2. The van der Waals surface area contributed by atoms with Crippen LogP contribution in [0.3, 0.4) is 0 Å². The lowest BCUT2D eigenvalue weighted by molar-refractivity contribution is 0.0455. The summed E-state index contributed by atoms with van der Waals surface area (Å²) in [5, 5.41) is 3.78. The van der Waals surface area contributed by atoms with Gasteiger partial charge in [-0.25, -0.2) is 9.78 Å². The van der Waals surface area contributed by atoms with E-state index < -0.39 is 5.97 Å². The maximum Gasteiger partial charge on any atom is 0.348 e. The third kappa shape index (κ3) is 4.47. The van der Waals surface area contributed by atoms with Gasteiger partial charge in [0.1, 0.15) is 28.7 Å². The second-order valence-electron chi connectivity index (χ2n) is 7.01. The van der Waals surface area contributed by atoms with E-state index in [1.54, 1.807) is 6.92 Å². The van der Waals surface area contributed by atoms with Gasteiger partial charge in [0.15, 0.2) is 0 Å². The second-order valence-corrected chi connectivity index (χ2v) is 8.01. The number of esters is 1. The Morgan fingerprint density at radius 2 is 2.03 bits per heavy atom. The fourth-order valence-corrected chi connectivity index (χ4v) is 4.48. The highest BCUT2D eigenvalue weighted by molar-refractivity contribution is 7.20. The third-order valence-corrected chi connectivity index (χ3v) is 6.11. The Morgan fingerprint density at radius 1 is 1.20 bits per heavy atom. The number of aromatic amines is 1. The summed E-state index contributed by atoms with van der Waals surface area (Å²) in [6.45, 7) is 5.52. The number of thiophene rings is 1. The van der Waals surface area contributed by atoms with Crippen LogP contribution < -0.4 is 20.5 Å². The minimum atomic E-state index is -0.466. The van der Waals surface area contributed by atoms with E-state index in [-0.39, 0.29) is 18.8 Å². The van der Waals surface area contributed by atoms with Gasteiger partial charge in [0.2, 0.25) is 5.95 Å². The molecule has 0 saturated carbocycles. The number of carbonyl (C=O) groups is 1. The smallest absolute Gasteiger partial charge is 0.348 e. The van der Waals surface area contributed by atoms with Crippen LogP contribution in [0.15, 0.2) is 35.1 Å². The number of nitrogens with one attached hydrogen (secondary N) is 2. The van der Waals surface area contributed by atoms with E-state index in [2.05, 4.69) is 20.2 Å². The summed E-state index contributed by atoms with van der Waals surface area (Å²) < 4.78 is 10.9. The molecule has 1 aromatic carbocycles. The monoisotopic (exact) mass is 428 g/mol. The lowest BCUT2D eigenvalue weighted by atomic mass is 10.2. The summed E-state index contributed by atoms with van der Waals surface area (Å²) in [5.74, 6) is 0.805. The lowest BCUT2D eigenvalue weighted by Crippen LogP contribution is -2.31. The van der Waals surface area contributed by atoms with Gasteiger partial charge in [-0.2, -0.15) is 0 Å². The second kappa shape index (κ2) is 9.27. The van der Waals surface area contributed by atoms with Gasteiger partial charge in [0.25, 0.3) is 5.56 Å². The highest BCUT2D eigenvalue weighted by Gasteiger charge is 2.22. The van der Waals surface area contributed by atoms with E-state index in [1.165, 1.54) is 11.3 Å². The maximum absolute atomic E-state index is 12.7. The number of fused-ring (bicyclic) bond motifs is 1. The van der Waals surface area contributed by atoms with Gasteiger partial charge in [-0.15, -0.1) is 11.3 Å². The molecule has 0 amide bonds. The number of H-pyrrole nitrogens is 1. The van der Waals surface area contributed by atoms with Crippen molar-refractivity contribution in [3.05, 3.63) is 51.1 Å². The van der Waals surface area contributed by atoms with E-state index >= 15 is 0 Å². The highest BCUT2D eigenvalue weighted by atomic mass is 32.1. The molecule has 4 rings (SSSR count). The molecular formula is C21H24N4O4S. The Labute approximate surface area is 177 Å². The number of nitrogens with zero attached hydrogens (tertiary/aromatic N) is 2. The van der Waals surface area contributed by atoms with E-state index in [4.69, 9.17) is 9.47 Å². The summed E-state index contributed by atoms with van der Waals surface area (Å²) in [7, 11) is 0. The van der Waals surface area contributed by atoms with E-state index in [9.17, 15) is 9.59 Å². The first-order valence-electron chi connectivity index (χ1n) is 9.97. The van der Waals surface area contributed by atoms with Crippen molar-refractivity contribution in [3.63, 3.8) is 0 Å². The van der Waals surface area contributed by atoms with Crippen LogP contribution in [0.5, 0.6) is 5.75 Å². The van der Waals surface area contributed by atoms with Crippen molar-refractivity contribution in [1.29, 1.82) is 0 Å². The van der Waals surface area contributed by atoms with Gasteiger partial charge in [-0.1, -0.05) is 18.2 Å². The average Bonchev–Trinajstić information content (AvgIpc) is 2.93. The standard InChI is InChI=1S/C21H24N4O4S/c1-14-16-18(26)23-21(25-10-5-8-22-9-11-25)24-19(16)30-17(14)20(27)29-13-12-28-15-6-3-2-4-7-15/h2-4,6-7,22H,5,8-13H2,1H3,(H,23,24,26). The van der Waals surface area contributed by atoms with Crippen LogP contribution in [0.2, 0.25) is 0 Å². The van der Waals surface area contributed by atoms with Crippen molar-refractivity contribution in [2.24, 2.45) is 0 Å². The molecule has 0 unspecified atom stereocenters. The molecule has 3 heterocycles. The Balaban J connectivity index is 1.47. The van der Waals surface area contributed by atoms with Crippen LogP contribution >= 0.6 is 11.3 Å². The number of aryl methyl sites for hydroxylation is 1. The summed E-state index contributed by atoms with van der Waals surface area (Å²) in [5.41, 5.74) is 0.370. The maximum atomic E-state index is 12.7. The molecule has 8 nitrogen and oxygen atoms in total. The van der Waals surface area contributed by atoms with Crippen LogP contribution in [-0.4, -0.2) is 55.3 Å². The predicted octanol–water partition coefficient (Wildman–Crippen LogP) is 2.33. The zero-order valence-corrected chi connectivity index (χ0v) is 17.6. The molecule has 1 aliphatic heterocycles. The average molecular weight is 429 g/mol. The molecule has 2 aromatic heterocycles. The number of carbonyl (C=O) groups excluding carboxylic acids is 1. The van der Waals surface area contributed by atoms with Crippen molar-refractivity contribution < 1.29 is 14.3 Å². The topological polar surface area (TPSA) is 96.6 Å². The first-order chi connectivity index (χ1) is 14.6. The number of benzene rings is 1. The molecule has 3 aromatic rings. The molecule has 30 heavy (non-hydrogen) atoms. The summed E-state index contributed by atoms with van der Waals surface area (Å²) in [6, 6.07) is 9.34. The van der Waals surface area contributed by atoms with Gasteiger partial charge in [0, 0.05) is 19.6 Å². The van der Waals surface area contributed by atoms with Crippen LogP contribution in [0.25, 0.3) is 10.2 Å². The molecule has 9 heteroatoms. The largest absolute Gasteiger partial charge is 0.490 e. The number of hydrogen-bond acceptors (Lipinski definition) is 8. The Morgan fingerprint density at radius 3 is 2.87 bits per heavy atom. The number of para-hydroxylation sites is 1. The first kappa shape index (κ1) is 20.4. The van der Waals surface area contributed by atoms with Crippen LogP contribution in [-0.2, 0) is 4.74 Å². The molecule has 0 bridgehead atoms. The minimum absolute atomic E-state index is 0.122. The molecule has 1 fully saturated rings. The molecule has 0 radical (unpaired) electrons. The fraction of sp³-hybridized carbons (Fsp3) is 0.381. The van der Waals surface area contributed by atoms with Gasteiger partial charge < -0.3 is 19.7 Å². The Kier molecular flexibility index (Phi) is 6.29. The number of rotatable bonds is 6. The van der Waals surface area contributed by atoms with E-state index in [0.29, 0.717) is 26.6 Å². The van der Waals surface area contributed by atoms with Gasteiger partial charge in [-0.3, -0.25) is 9.78 Å². The normalized spacial score (nSPS) is 14.5. The van der Waals surface area contributed by atoms with Crippen LogP contribution in [0.1, 0.15) is 21.7 Å². The molecule has 158 valence electrons. The van der Waals surface area contributed by atoms with E-state index in [0.717, 1.165) is 38.3 Å². The quantitative estimate of drug-likeness (QED) is 0.459.